The van der Waals surface area contributed by atoms with E-state index in [0.29, 0.717) is 0 Å². The summed E-state index contributed by atoms with van der Waals surface area (Å²) in [5.41, 5.74) is 3.36. The van der Waals surface area contributed by atoms with Gasteiger partial charge in [-0.2, -0.15) is 0 Å². The summed E-state index contributed by atoms with van der Waals surface area (Å²) in [7, 11) is 0. The summed E-state index contributed by atoms with van der Waals surface area (Å²) in [6.45, 7) is 4.22. The molecule has 26 heavy (non-hydrogen) atoms. The highest BCUT2D eigenvalue weighted by molar-refractivity contribution is 7.12. The summed E-state index contributed by atoms with van der Waals surface area (Å²) in [6, 6.07) is 16.3. The molecule has 5 heteroatoms. The topological polar surface area (TPSA) is 36.4 Å². The van der Waals surface area contributed by atoms with E-state index in [-0.39, 0.29) is 5.91 Å². The van der Waals surface area contributed by atoms with Crippen molar-refractivity contribution in [1.29, 1.82) is 0 Å². The SMILES string of the molecule is O=C(c1sccc1-c1ccccc1)N1CCN(Cc2cccnc2)CC1. The molecular weight excluding hydrogens is 342 g/mol. The van der Waals surface area contributed by atoms with Gasteiger partial charge in [-0.15, -0.1) is 11.3 Å². The molecule has 0 N–H and O–H groups in total. The van der Waals surface area contributed by atoms with Gasteiger partial charge in [0.15, 0.2) is 0 Å². The Morgan fingerprint density at radius 2 is 1.81 bits per heavy atom. The van der Waals surface area contributed by atoms with Gasteiger partial charge in [0.05, 0.1) is 4.88 Å². The highest BCUT2D eigenvalue weighted by Gasteiger charge is 2.25. The van der Waals surface area contributed by atoms with Crippen LogP contribution in [0.15, 0.2) is 66.3 Å². The zero-order valence-electron chi connectivity index (χ0n) is 14.5. The fraction of sp³-hybridized carbons (Fsp3) is 0.238. The summed E-state index contributed by atoms with van der Waals surface area (Å²) < 4.78 is 0. The van der Waals surface area contributed by atoms with Gasteiger partial charge in [-0.1, -0.05) is 36.4 Å². The number of benzene rings is 1. The molecule has 1 aliphatic heterocycles. The molecule has 0 saturated carbocycles. The van der Waals surface area contributed by atoms with E-state index >= 15 is 0 Å². The third-order valence-corrected chi connectivity index (χ3v) is 5.64. The third-order valence-electron chi connectivity index (χ3n) is 4.73. The molecule has 2 aromatic heterocycles. The lowest BCUT2D eigenvalue weighted by atomic mass is 10.1. The molecule has 3 heterocycles. The minimum atomic E-state index is 0.153. The second-order valence-corrected chi connectivity index (χ2v) is 7.38. The minimum Gasteiger partial charge on any atom is -0.335 e. The molecule has 4 nitrogen and oxygen atoms in total. The maximum absolute atomic E-state index is 13.0. The molecule has 0 bridgehead atoms. The zero-order chi connectivity index (χ0) is 17.8. The smallest absolute Gasteiger partial charge is 0.264 e. The van der Waals surface area contributed by atoms with Gasteiger partial charge in [0.2, 0.25) is 0 Å². The van der Waals surface area contributed by atoms with E-state index in [9.17, 15) is 4.79 Å². The molecular formula is C21H21N3OS. The van der Waals surface area contributed by atoms with E-state index in [1.807, 2.05) is 46.8 Å². The molecule has 0 spiro atoms. The fourth-order valence-electron chi connectivity index (χ4n) is 3.32. The second kappa shape index (κ2) is 7.81. The first-order valence-corrected chi connectivity index (χ1v) is 9.73. The third kappa shape index (κ3) is 3.69. The normalized spacial score (nSPS) is 15.2. The van der Waals surface area contributed by atoms with E-state index in [2.05, 4.69) is 28.1 Å². The van der Waals surface area contributed by atoms with Crippen molar-refractivity contribution < 1.29 is 4.79 Å². The van der Waals surface area contributed by atoms with Crippen molar-refractivity contribution in [2.24, 2.45) is 0 Å². The highest BCUT2D eigenvalue weighted by Crippen LogP contribution is 2.29. The van der Waals surface area contributed by atoms with Crippen molar-refractivity contribution in [3.05, 3.63) is 76.7 Å². The van der Waals surface area contributed by atoms with Crippen LogP contribution in [0.25, 0.3) is 11.1 Å². The number of nitrogens with zero attached hydrogens (tertiary/aromatic N) is 3. The first-order chi connectivity index (χ1) is 12.8. The maximum atomic E-state index is 13.0. The molecule has 1 saturated heterocycles. The molecule has 0 aliphatic carbocycles. The molecule has 132 valence electrons. The zero-order valence-corrected chi connectivity index (χ0v) is 15.4. The number of carbonyl (C=O) groups excluding carboxylic acids is 1. The Kier molecular flexibility index (Phi) is 5.09. The average Bonchev–Trinajstić information content (AvgIpc) is 3.19. The van der Waals surface area contributed by atoms with Gasteiger partial charge in [0.25, 0.3) is 5.91 Å². The maximum Gasteiger partial charge on any atom is 0.264 e. The van der Waals surface area contributed by atoms with Crippen molar-refractivity contribution >= 4 is 17.2 Å². The van der Waals surface area contributed by atoms with Crippen LogP contribution in [0.5, 0.6) is 0 Å². The first kappa shape index (κ1) is 16.9. The van der Waals surface area contributed by atoms with Crippen LogP contribution in [0.1, 0.15) is 15.2 Å². The van der Waals surface area contributed by atoms with Crippen molar-refractivity contribution in [2.75, 3.05) is 26.2 Å². The number of rotatable bonds is 4. The van der Waals surface area contributed by atoms with Crippen LogP contribution in [0.3, 0.4) is 0 Å². The van der Waals surface area contributed by atoms with Gasteiger partial charge in [0, 0.05) is 50.7 Å². The van der Waals surface area contributed by atoms with Gasteiger partial charge in [-0.05, 0) is 28.6 Å². The Balaban J connectivity index is 1.41. The van der Waals surface area contributed by atoms with Crippen molar-refractivity contribution in [2.45, 2.75) is 6.54 Å². The molecule has 1 fully saturated rings. The van der Waals surface area contributed by atoms with E-state index in [0.717, 1.165) is 48.7 Å². The van der Waals surface area contributed by atoms with Crippen LogP contribution in [0.4, 0.5) is 0 Å². The van der Waals surface area contributed by atoms with E-state index in [1.165, 1.54) is 16.9 Å². The molecule has 1 amide bonds. The van der Waals surface area contributed by atoms with E-state index in [1.54, 1.807) is 6.20 Å². The molecule has 0 atom stereocenters. The number of pyridine rings is 1. The number of hydrogen-bond donors (Lipinski definition) is 0. The lowest BCUT2D eigenvalue weighted by Crippen LogP contribution is -2.48. The van der Waals surface area contributed by atoms with Crippen molar-refractivity contribution in [3.8, 4) is 11.1 Å². The standard InChI is InChI=1S/C21H21N3OS/c25-21(20-19(8-14-26-20)18-6-2-1-3-7-18)24-12-10-23(11-13-24)16-17-5-4-9-22-15-17/h1-9,14-15H,10-13,16H2. The van der Waals surface area contributed by atoms with Crippen molar-refractivity contribution in [3.63, 3.8) is 0 Å². The lowest BCUT2D eigenvalue weighted by Gasteiger charge is -2.34. The average molecular weight is 363 g/mol. The molecule has 3 aromatic rings. The number of aromatic nitrogens is 1. The second-order valence-electron chi connectivity index (χ2n) is 6.46. The Bertz CT molecular complexity index is 855. The predicted octanol–water partition coefficient (Wildman–Crippen LogP) is 3.77. The molecule has 0 radical (unpaired) electrons. The number of thiophene rings is 1. The molecule has 1 aromatic carbocycles. The number of carbonyl (C=O) groups is 1. The van der Waals surface area contributed by atoms with E-state index < -0.39 is 0 Å². The summed E-state index contributed by atoms with van der Waals surface area (Å²) in [6.07, 6.45) is 3.71. The highest BCUT2D eigenvalue weighted by atomic mass is 32.1. The summed E-state index contributed by atoms with van der Waals surface area (Å²) in [5.74, 6) is 0.153. The monoisotopic (exact) mass is 363 g/mol. The quantitative estimate of drug-likeness (QED) is 0.708. The molecule has 0 unspecified atom stereocenters. The van der Waals surface area contributed by atoms with Gasteiger partial charge >= 0.3 is 0 Å². The summed E-state index contributed by atoms with van der Waals surface area (Å²) in [5, 5.41) is 2.01. The lowest BCUT2D eigenvalue weighted by molar-refractivity contribution is 0.0634. The van der Waals surface area contributed by atoms with Gasteiger partial charge in [0.1, 0.15) is 0 Å². The predicted molar refractivity (Wildman–Crippen MR) is 105 cm³/mol. The van der Waals surface area contributed by atoms with E-state index in [4.69, 9.17) is 0 Å². The van der Waals surface area contributed by atoms with Crippen LogP contribution >= 0.6 is 11.3 Å². The van der Waals surface area contributed by atoms with Crippen LogP contribution in [-0.4, -0.2) is 46.9 Å². The summed E-state index contributed by atoms with van der Waals surface area (Å²) >= 11 is 1.54. The van der Waals surface area contributed by atoms with Gasteiger partial charge in [-0.3, -0.25) is 14.7 Å². The van der Waals surface area contributed by atoms with Crippen LogP contribution in [-0.2, 0) is 6.54 Å². The van der Waals surface area contributed by atoms with Crippen LogP contribution < -0.4 is 0 Å². The van der Waals surface area contributed by atoms with Gasteiger partial charge < -0.3 is 4.90 Å². The number of amides is 1. The Hall–Kier alpha value is -2.50. The summed E-state index contributed by atoms with van der Waals surface area (Å²) in [4.78, 5) is 22.4. The van der Waals surface area contributed by atoms with Crippen LogP contribution in [0, 0.1) is 0 Å². The van der Waals surface area contributed by atoms with Crippen molar-refractivity contribution in [1.82, 2.24) is 14.8 Å². The minimum absolute atomic E-state index is 0.153. The van der Waals surface area contributed by atoms with Gasteiger partial charge in [-0.25, -0.2) is 0 Å². The Morgan fingerprint density at radius 3 is 2.54 bits per heavy atom. The number of hydrogen-bond acceptors (Lipinski definition) is 4. The number of piperazine rings is 1. The molecule has 4 rings (SSSR count). The molecule has 1 aliphatic rings. The largest absolute Gasteiger partial charge is 0.335 e. The fourth-order valence-corrected chi connectivity index (χ4v) is 4.21. The first-order valence-electron chi connectivity index (χ1n) is 8.85. The van der Waals surface area contributed by atoms with Crippen LogP contribution in [0.2, 0.25) is 0 Å². The Labute approximate surface area is 157 Å². The Morgan fingerprint density at radius 1 is 1.00 bits per heavy atom.